The Hall–Kier alpha value is -0.780. The molecule has 0 radical (unpaired) electrons. The summed E-state index contributed by atoms with van der Waals surface area (Å²) in [5.74, 6) is -0.160. The van der Waals surface area contributed by atoms with Gasteiger partial charge < -0.3 is 5.32 Å². The van der Waals surface area contributed by atoms with Crippen LogP contribution in [0.5, 0.6) is 0 Å². The van der Waals surface area contributed by atoms with Crippen LogP contribution in [0.2, 0.25) is 0 Å². The zero-order valence-corrected chi connectivity index (χ0v) is 13.9. The lowest BCUT2D eigenvalue weighted by molar-refractivity contribution is 0.543. The van der Waals surface area contributed by atoms with Crippen molar-refractivity contribution in [3.63, 3.8) is 0 Å². The number of aryl methyl sites for hydroxylation is 2. The number of rotatable bonds is 4. The molecule has 0 aliphatic heterocycles. The molecular formula is C16H16BrFN2S. The van der Waals surface area contributed by atoms with Crippen LogP contribution in [0.4, 0.5) is 4.39 Å². The average Bonchev–Trinajstić information content (AvgIpc) is 3.02. The van der Waals surface area contributed by atoms with Gasteiger partial charge in [-0.2, -0.15) is 0 Å². The molecule has 1 N–H and O–H groups in total. The van der Waals surface area contributed by atoms with Crippen LogP contribution in [0.1, 0.15) is 46.4 Å². The Kier molecular flexibility index (Phi) is 3.59. The zero-order chi connectivity index (χ0) is 14.4. The molecule has 5 heteroatoms. The number of hydrogen-bond acceptors (Lipinski definition) is 3. The van der Waals surface area contributed by atoms with E-state index in [1.54, 1.807) is 17.4 Å². The van der Waals surface area contributed by atoms with Crippen molar-refractivity contribution in [2.24, 2.45) is 0 Å². The molecule has 1 aromatic heterocycles. The van der Waals surface area contributed by atoms with E-state index in [2.05, 4.69) is 21.2 Å². The zero-order valence-electron chi connectivity index (χ0n) is 11.5. The van der Waals surface area contributed by atoms with Gasteiger partial charge in [0, 0.05) is 21.0 Å². The van der Waals surface area contributed by atoms with Gasteiger partial charge in [-0.25, -0.2) is 9.37 Å². The third kappa shape index (κ3) is 2.79. The molecule has 4 rings (SSSR count). The van der Waals surface area contributed by atoms with Gasteiger partial charge in [-0.15, -0.1) is 11.3 Å². The summed E-state index contributed by atoms with van der Waals surface area (Å²) in [7, 11) is 0. The van der Waals surface area contributed by atoms with E-state index in [1.807, 2.05) is 6.07 Å². The summed E-state index contributed by atoms with van der Waals surface area (Å²) >= 11 is 5.21. The van der Waals surface area contributed by atoms with E-state index in [1.165, 1.54) is 35.9 Å². The predicted octanol–water partition coefficient (Wildman–Crippen LogP) is 4.37. The highest BCUT2D eigenvalue weighted by molar-refractivity contribution is 9.10. The van der Waals surface area contributed by atoms with Crippen LogP contribution in [-0.2, 0) is 12.8 Å². The molecule has 0 amide bonds. The fraction of sp³-hybridized carbons (Fsp3) is 0.438. The van der Waals surface area contributed by atoms with Crippen molar-refractivity contribution < 1.29 is 4.39 Å². The monoisotopic (exact) mass is 366 g/mol. The normalized spacial score (nSPS) is 18.8. The first-order valence-electron chi connectivity index (χ1n) is 7.40. The number of halogens is 2. The van der Waals surface area contributed by atoms with Crippen LogP contribution >= 0.6 is 27.3 Å². The fourth-order valence-corrected chi connectivity index (χ4v) is 4.46. The maximum atomic E-state index is 14.3. The van der Waals surface area contributed by atoms with Crippen molar-refractivity contribution in [1.82, 2.24) is 10.3 Å². The summed E-state index contributed by atoms with van der Waals surface area (Å²) in [6.07, 6.45) is 5.77. The molecule has 110 valence electrons. The van der Waals surface area contributed by atoms with Crippen molar-refractivity contribution in [2.45, 2.75) is 44.2 Å². The van der Waals surface area contributed by atoms with Gasteiger partial charge >= 0.3 is 0 Å². The second kappa shape index (κ2) is 5.45. The van der Waals surface area contributed by atoms with Gasteiger partial charge in [0.1, 0.15) is 10.8 Å². The third-order valence-electron chi connectivity index (χ3n) is 4.11. The Morgan fingerprint density at radius 1 is 1.33 bits per heavy atom. The van der Waals surface area contributed by atoms with Gasteiger partial charge in [-0.3, -0.25) is 0 Å². The van der Waals surface area contributed by atoms with Crippen molar-refractivity contribution in [3.05, 3.63) is 49.6 Å². The van der Waals surface area contributed by atoms with E-state index >= 15 is 0 Å². The second-order valence-electron chi connectivity index (χ2n) is 5.82. The van der Waals surface area contributed by atoms with Crippen molar-refractivity contribution in [3.8, 4) is 0 Å². The van der Waals surface area contributed by atoms with Gasteiger partial charge in [0.2, 0.25) is 0 Å². The molecule has 0 spiro atoms. The molecule has 1 fully saturated rings. The average molecular weight is 367 g/mol. The van der Waals surface area contributed by atoms with E-state index in [0.717, 1.165) is 22.3 Å². The Labute approximate surface area is 135 Å². The van der Waals surface area contributed by atoms with Crippen molar-refractivity contribution in [2.75, 3.05) is 0 Å². The lowest BCUT2D eigenvalue weighted by atomic mass is 10.1. The van der Waals surface area contributed by atoms with E-state index < -0.39 is 0 Å². The molecule has 2 aliphatic rings. The molecule has 2 nitrogen and oxygen atoms in total. The smallest absolute Gasteiger partial charge is 0.128 e. The fourth-order valence-electron chi connectivity index (χ4n) is 2.85. The Balaban J connectivity index is 1.74. The SMILES string of the molecule is Fc1ccc(Br)cc1C(NC1CC1)c1nc2c(s1)CCC2. The summed E-state index contributed by atoms with van der Waals surface area (Å²) < 4.78 is 15.2. The maximum absolute atomic E-state index is 14.3. The molecule has 1 heterocycles. The Bertz CT molecular complexity index is 659. The summed E-state index contributed by atoms with van der Waals surface area (Å²) in [6.45, 7) is 0. The number of aromatic nitrogens is 1. The summed E-state index contributed by atoms with van der Waals surface area (Å²) in [6, 6.07) is 5.54. The number of benzene rings is 1. The number of nitrogens with zero attached hydrogens (tertiary/aromatic N) is 1. The number of fused-ring (bicyclic) bond motifs is 1. The van der Waals surface area contributed by atoms with Crippen LogP contribution in [-0.4, -0.2) is 11.0 Å². The minimum atomic E-state index is -0.160. The van der Waals surface area contributed by atoms with Crippen LogP contribution in [0.25, 0.3) is 0 Å². The minimum Gasteiger partial charge on any atom is -0.301 e. The van der Waals surface area contributed by atoms with Gasteiger partial charge in [0.25, 0.3) is 0 Å². The third-order valence-corrected chi connectivity index (χ3v) is 5.82. The molecule has 1 saturated carbocycles. The first-order valence-corrected chi connectivity index (χ1v) is 9.01. The number of nitrogens with one attached hydrogen (secondary N) is 1. The minimum absolute atomic E-state index is 0.120. The van der Waals surface area contributed by atoms with Crippen molar-refractivity contribution in [1.29, 1.82) is 0 Å². The largest absolute Gasteiger partial charge is 0.301 e. The Morgan fingerprint density at radius 3 is 2.95 bits per heavy atom. The van der Waals surface area contributed by atoms with E-state index in [-0.39, 0.29) is 11.9 Å². The van der Waals surface area contributed by atoms with Gasteiger partial charge in [-0.1, -0.05) is 15.9 Å². The molecule has 0 bridgehead atoms. The van der Waals surface area contributed by atoms with E-state index in [0.29, 0.717) is 11.6 Å². The van der Waals surface area contributed by atoms with Gasteiger partial charge in [-0.05, 0) is 50.3 Å². The van der Waals surface area contributed by atoms with Crippen molar-refractivity contribution >= 4 is 27.3 Å². The molecule has 2 aliphatic carbocycles. The molecule has 1 atom stereocenters. The summed E-state index contributed by atoms with van der Waals surface area (Å²) in [5.41, 5.74) is 1.93. The standard InChI is InChI=1S/C16H16BrFN2S/c17-9-4-7-12(18)11(8-9)15(19-10-5-6-10)16-20-13-2-1-3-14(13)21-16/h4,7-8,10,15,19H,1-3,5-6H2. The highest BCUT2D eigenvalue weighted by Crippen LogP contribution is 2.36. The van der Waals surface area contributed by atoms with Gasteiger partial charge in [0.05, 0.1) is 11.7 Å². The molecule has 2 aromatic rings. The highest BCUT2D eigenvalue weighted by atomic mass is 79.9. The molecular weight excluding hydrogens is 351 g/mol. The lowest BCUT2D eigenvalue weighted by Gasteiger charge is -2.18. The molecule has 21 heavy (non-hydrogen) atoms. The topological polar surface area (TPSA) is 24.9 Å². The second-order valence-corrected chi connectivity index (χ2v) is 7.85. The summed E-state index contributed by atoms with van der Waals surface area (Å²) in [5, 5.41) is 4.58. The number of thiazole rings is 1. The first-order chi connectivity index (χ1) is 10.2. The maximum Gasteiger partial charge on any atom is 0.128 e. The van der Waals surface area contributed by atoms with E-state index in [9.17, 15) is 4.39 Å². The van der Waals surface area contributed by atoms with Crippen LogP contribution in [0.15, 0.2) is 22.7 Å². The lowest BCUT2D eigenvalue weighted by Crippen LogP contribution is -2.25. The first kappa shape index (κ1) is 13.9. The van der Waals surface area contributed by atoms with Crippen LogP contribution in [0.3, 0.4) is 0 Å². The van der Waals surface area contributed by atoms with E-state index in [4.69, 9.17) is 4.98 Å². The van der Waals surface area contributed by atoms with Crippen LogP contribution in [0, 0.1) is 5.82 Å². The summed E-state index contributed by atoms with van der Waals surface area (Å²) in [4.78, 5) is 6.18. The highest BCUT2D eigenvalue weighted by Gasteiger charge is 2.31. The quantitative estimate of drug-likeness (QED) is 0.868. The molecule has 0 saturated heterocycles. The number of hydrogen-bond donors (Lipinski definition) is 1. The molecule has 1 aromatic carbocycles. The predicted molar refractivity (Wildman–Crippen MR) is 86.2 cm³/mol. The van der Waals surface area contributed by atoms with Gasteiger partial charge in [0.15, 0.2) is 0 Å². The van der Waals surface area contributed by atoms with Crippen LogP contribution < -0.4 is 5.32 Å². The Morgan fingerprint density at radius 2 is 2.19 bits per heavy atom. The molecule has 1 unspecified atom stereocenters.